The van der Waals surface area contributed by atoms with Gasteiger partial charge in [-0.3, -0.25) is 9.59 Å². The molecule has 34 heavy (non-hydrogen) atoms. The highest BCUT2D eigenvalue weighted by molar-refractivity contribution is 6.33. The summed E-state index contributed by atoms with van der Waals surface area (Å²) in [6, 6.07) is 6.91. The summed E-state index contributed by atoms with van der Waals surface area (Å²) in [5.74, 6) is 0.358. The summed E-state index contributed by atoms with van der Waals surface area (Å²) in [6.07, 6.45) is 0. The minimum Gasteiger partial charge on any atom is -0.494 e. The van der Waals surface area contributed by atoms with Crippen LogP contribution in [0.2, 0.25) is 5.02 Å². The first-order valence-electron chi connectivity index (χ1n) is 11.1. The Kier molecular flexibility index (Phi) is 10.6. The molecular weight excluding hydrogens is 462 g/mol. The Bertz CT molecular complexity index is 1000. The molecule has 0 aromatic heterocycles. The predicted molar refractivity (Wildman–Crippen MR) is 130 cm³/mol. The van der Waals surface area contributed by atoms with E-state index >= 15 is 0 Å². The van der Waals surface area contributed by atoms with E-state index in [1.54, 1.807) is 37.3 Å². The molecule has 10 heteroatoms. The van der Waals surface area contributed by atoms with Gasteiger partial charge in [-0.15, -0.1) is 5.11 Å². The van der Waals surface area contributed by atoms with E-state index in [9.17, 15) is 9.59 Å². The molecule has 0 saturated carbocycles. The third-order valence-corrected chi connectivity index (χ3v) is 4.62. The SMILES string of the molecule is CCOc1cc(Cl)c(OCC)c(NC(=O)C(N=Nc2c(OCC)cccc2OCC)C(C)=O)c1. The molecule has 0 saturated heterocycles. The van der Waals surface area contributed by atoms with E-state index in [0.29, 0.717) is 49.4 Å². The molecule has 1 amide bonds. The van der Waals surface area contributed by atoms with Crippen LogP contribution < -0.4 is 24.3 Å². The maximum absolute atomic E-state index is 13.0. The summed E-state index contributed by atoms with van der Waals surface area (Å²) < 4.78 is 22.3. The molecule has 0 spiro atoms. The van der Waals surface area contributed by atoms with Gasteiger partial charge in [0, 0.05) is 12.1 Å². The summed E-state index contributed by atoms with van der Waals surface area (Å²) in [5, 5.41) is 11.1. The number of ether oxygens (including phenoxy) is 4. The molecule has 184 valence electrons. The normalized spacial score (nSPS) is 11.7. The van der Waals surface area contributed by atoms with Crippen LogP contribution in [0.4, 0.5) is 11.4 Å². The van der Waals surface area contributed by atoms with Crippen molar-refractivity contribution in [2.75, 3.05) is 31.7 Å². The number of azo groups is 1. The molecule has 1 atom stereocenters. The average molecular weight is 492 g/mol. The van der Waals surface area contributed by atoms with E-state index in [4.69, 9.17) is 30.5 Å². The van der Waals surface area contributed by atoms with Gasteiger partial charge in [-0.05, 0) is 46.8 Å². The van der Waals surface area contributed by atoms with Crippen molar-refractivity contribution in [3.05, 3.63) is 35.4 Å². The predicted octanol–water partition coefficient (Wildman–Crippen LogP) is 5.61. The monoisotopic (exact) mass is 491 g/mol. The van der Waals surface area contributed by atoms with Crippen LogP contribution in [0, 0.1) is 0 Å². The fraction of sp³-hybridized carbons (Fsp3) is 0.417. The highest BCUT2D eigenvalue weighted by Crippen LogP contribution is 2.39. The van der Waals surface area contributed by atoms with Gasteiger partial charge in [0.05, 0.1) is 37.1 Å². The second kappa shape index (κ2) is 13.4. The topological polar surface area (TPSA) is 108 Å². The number of rotatable bonds is 13. The molecule has 2 aromatic carbocycles. The van der Waals surface area contributed by atoms with Crippen molar-refractivity contribution in [1.82, 2.24) is 0 Å². The number of hydrogen-bond donors (Lipinski definition) is 1. The number of carbonyl (C=O) groups is 2. The lowest BCUT2D eigenvalue weighted by Gasteiger charge is -2.16. The molecular formula is C24H30ClN3O6. The Balaban J connectivity index is 2.40. The zero-order valence-corrected chi connectivity index (χ0v) is 20.8. The Labute approximate surface area is 204 Å². The van der Waals surface area contributed by atoms with Crippen LogP contribution in [0.5, 0.6) is 23.0 Å². The van der Waals surface area contributed by atoms with Crippen molar-refractivity contribution < 1.29 is 28.5 Å². The molecule has 0 heterocycles. The van der Waals surface area contributed by atoms with Crippen molar-refractivity contribution in [2.45, 2.75) is 40.7 Å². The second-order valence-corrected chi connectivity index (χ2v) is 7.24. The highest BCUT2D eigenvalue weighted by atomic mass is 35.5. The van der Waals surface area contributed by atoms with Gasteiger partial charge in [0.15, 0.2) is 28.7 Å². The van der Waals surface area contributed by atoms with Crippen LogP contribution in [0.15, 0.2) is 40.6 Å². The van der Waals surface area contributed by atoms with Crippen LogP contribution in [-0.2, 0) is 9.59 Å². The van der Waals surface area contributed by atoms with Gasteiger partial charge in [-0.25, -0.2) is 0 Å². The van der Waals surface area contributed by atoms with Gasteiger partial charge in [-0.1, -0.05) is 17.7 Å². The smallest absolute Gasteiger partial charge is 0.258 e. The van der Waals surface area contributed by atoms with Crippen molar-refractivity contribution in [2.24, 2.45) is 10.2 Å². The Morgan fingerprint density at radius 3 is 2.06 bits per heavy atom. The van der Waals surface area contributed by atoms with Crippen LogP contribution in [0.3, 0.4) is 0 Å². The molecule has 1 unspecified atom stereocenters. The van der Waals surface area contributed by atoms with E-state index in [1.165, 1.54) is 6.92 Å². The molecule has 2 rings (SSSR count). The lowest BCUT2D eigenvalue weighted by Crippen LogP contribution is -2.32. The molecule has 9 nitrogen and oxygen atoms in total. The fourth-order valence-corrected chi connectivity index (χ4v) is 3.25. The third-order valence-electron chi connectivity index (χ3n) is 4.34. The minimum atomic E-state index is -1.42. The maximum atomic E-state index is 13.0. The van der Waals surface area contributed by atoms with Gasteiger partial charge >= 0.3 is 0 Å². The van der Waals surface area contributed by atoms with Gasteiger partial charge in [0.1, 0.15) is 5.75 Å². The lowest BCUT2D eigenvalue weighted by atomic mass is 10.2. The zero-order valence-electron chi connectivity index (χ0n) is 20.0. The van der Waals surface area contributed by atoms with Crippen molar-refractivity contribution >= 4 is 34.7 Å². The van der Waals surface area contributed by atoms with Crippen LogP contribution in [-0.4, -0.2) is 44.2 Å². The molecule has 1 N–H and O–H groups in total. The number of hydrogen-bond acceptors (Lipinski definition) is 8. The summed E-state index contributed by atoms with van der Waals surface area (Å²) in [7, 11) is 0. The standard InChI is InChI=1S/C24H30ClN3O6/c1-6-31-16-13-17(25)23(34-9-4)18(14-16)26-24(30)21(15(5)29)27-28-22-19(32-7-2)11-10-12-20(22)33-8-3/h10-14,21H,6-9H2,1-5H3,(H,26,30). The van der Waals surface area contributed by atoms with E-state index < -0.39 is 17.7 Å². The van der Waals surface area contributed by atoms with Gasteiger partial charge in [0.25, 0.3) is 5.91 Å². The second-order valence-electron chi connectivity index (χ2n) is 6.83. The maximum Gasteiger partial charge on any atom is 0.258 e. The van der Waals surface area contributed by atoms with Crippen LogP contribution >= 0.6 is 11.6 Å². The first kappa shape index (κ1) is 26.9. The number of halogens is 1. The summed E-state index contributed by atoms with van der Waals surface area (Å²) in [6.45, 7) is 10.0. The molecule has 0 radical (unpaired) electrons. The molecule has 0 bridgehead atoms. The number of nitrogens with one attached hydrogen (secondary N) is 1. The minimum absolute atomic E-state index is 0.258. The van der Waals surface area contributed by atoms with Gasteiger partial charge < -0.3 is 24.3 Å². The van der Waals surface area contributed by atoms with Crippen molar-refractivity contribution in [3.8, 4) is 23.0 Å². The quantitative estimate of drug-likeness (QED) is 0.288. The van der Waals surface area contributed by atoms with Crippen LogP contribution in [0.1, 0.15) is 34.6 Å². The number of nitrogens with zero attached hydrogens (tertiary/aromatic N) is 2. The molecule has 0 aliphatic heterocycles. The van der Waals surface area contributed by atoms with E-state index in [-0.39, 0.29) is 16.5 Å². The third kappa shape index (κ3) is 7.08. The average Bonchev–Trinajstić information content (AvgIpc) is 2.78. The van der Waals surface area contributed by atoms with Gasteiger partial charge in [-0.2, -0.15) is 5.11 Å². The van der Waals surface area contributed by atoms with Gasteiger partial charge in [0.2, 0.25) is 6.04 Å². The first-order chi connectivity index (χ1) is 16.4. The number of ketones is 1. The number of carbonyl (C=O) groups excluding carboxylic acids is 2. The number of amides is 1. The van der Waals surface area contributed by atoms with E-state index in [1.807, 2.05) is 20.8 Å². The van der Waals surface area contributed by atoms with Crippen molar-refractivity contribution in [1.29, 1.82) is 0 Å². The Morgan fingerprint density at radius 1 is 0.941 bits per heavy atom. The fourth-order valence-electron chi connectivity index (χ4n) is 2.98. The highest BCUT2D eigenvalue weighted by Gasteiger charge is 2.26. The Hall–Kier alpha value is -3.33. The Morgan fingerprint density at radius 2 is 1.53 bits per heavy atom. The molecule has 0 aliphatic rings. The summed E-state index contributed by atoms with van der Waals surface area (Å²) in [4.78, 5) is 25.4. The van der Waals surface area contributed by atoms with E-state index in [0.717, 1.165) is 0 Å². The van der Waals surface area contributed by atoms with Crippen molar-refractivity contribution in [3.63, 3.8) is 0 Å². The van der Waals surface area contributed by atoms with Crippen LogP contribution in [0.25, 0.3) is 0 Å². The number of benzene rings is 2. The summed E-state index contributed by atoms with van der Waals surface area (Å²) in [5.41, 5.74) is 0.551. The lowest BCUT2D eigenvalue weighted by molar-refractivity contribution is -0.126. The zero-order chi connectivity index (χ0) is 25.1. The largest absolute Gasteiger partial charge is 0.494 e. The van der Waals surface area contributed by atoms with E-state index in [2.05, 4.69) is 15.5 Å². The number of Topliss-reactive ketones (excluding diaryl/α,β-unsaturated/α-hetero) is 1. The first-order valence-corrected chi connectivity index (χ1v) is 11.4. The number of anilines is 1. The molecule has 0 aliphatic carbocycles. The molecule has 0 fully saturated rings. The summed E-state index contributed by atoms with van der Waals surface area (Å²) >= 11 is 6.32. The molecule has 2 aromatic rings.